The molecule has 0 spiro atoms. The Bertz CT molecular complexity index is 645. The van der Waals surface area contributed by atoms with Gasteiger partial charge in [0, 0.05) is 6.04 Å². The van der Waals surface area contributed by atoms with E-state index in [1.807, 2.05) is 0 Å². The molecule has 0 aliphatic heterocycles. The van der Waals surface area contributed by atoms with E-state index in [2.05, 4.69) is 59.9 Å². The summed E-state index contributed by atoms with van der Waals surface area (Å²) >= 11 is 0. The Labute approximate surface area is 133 Å². The number of fused-ring (bicyclic) bond motifs is 2. The van der Waals surface area contributed by atoms with Crippen LogP contribution in [0.1, 0.15) is 41.5 Å². The van der Waals surface area contributed by atoms with E-state index in [9.17, 15) is 0 Å². The molecule has 2 aliphatic carbocycles. The molecule has 0 aromatic heterocycles. The maximum atomic E-state index is 3.62. The van der Waals surface area contributed by atoms with Crippen molar-refractivity contribution in [3.05, 3.63) is 76.9 Å². The van der Waals surface area contributed by atoms with Crippen molar-refractivity contribution in [3.63, 3.8) is 0 Å². The van der Waals surface area contributed by atoms with Crippen LogP contribution in [-0.2, 0) is 12.8 Å². The van der Waals surface area contributed by atoms with Gasteiger partial charge in [-0.2, -0.15) is 0 Å². The molecule has 1 fully saturated rings. The second-order valence-electron chi connectivity index (χ2n) is 6.45. The summed E-state index contributed by atoms with van der Waals surface area (Å²) in [5.74, 6) is 0. The molecule has 0 amide bonds. The van der Waals surface area contributed by atoms with Crippen molar-refractivity contribution >= 4 is 5.57 Å². The quantitative estimate of drug-likeness (QED) is 0.825. The fourth-order valence-electron chi connectivity index (χ4n) is 3.43. The van der Waals surface area contributed by atoms with Gasteiger partial charge in [0.15, 0.2) is 0 Å². The maximum Gasteiger partial charge on any atom is 0.00683 e. The Morgan fingerprint density at radius 3 is 2.05 bits per heavy atom. The summed E-state index contributed by atoms with van der Waals surface area (Å²) in [7, 11) is 0. The molecule has 1 heteroatoms. The van der Waals surface area contributed by atoms with E-state index in [0.29, 0.717) is 0 Å². The molecule has 1 nitrogen and oxygen atoms in total. The number of hydrogen-bond donors (Lipinski definition) is 1. The fourth-order valence-corrected chi connectivity index (χ4v) is 3.43. The zero-order valence-electron chi connectivity index (χ0n) is 13.0. The van der Waals surface area contributed by atoms with Gasteiger partial charge in [-0.05, 0) is 66.5 Å². The molecule has 2 aromatic rings. The average Bonchev–Trinajstić information content (AvgIpc) is 3.39. The second kappa shape index (κ2) is 6.10. The molecule has 0 atom stereocenters. The van der Waals surface area contributed by atoms with Gasteiger partial charge in [-0.25, -0.2) is 0 Å². The zero-order chi connectivity index (χ0) is 14.8. The summed E-state index contributed by atoms with van der Waals surface area (Å²) in [4.78, 5) is 0. The molecule has 1 N–H and O–H groups in total. The van der Waals surface area contributed by atoms with Crippen LogP contribution in [0.15, 0.2) is 54.6 Å². The van der Waals surface area contributed by atoms with E-state index in [4.69, 9.17) is 0 Å². The Morgan fingerprint density at radius 1 is 0.864 bits per heavy atom. The van der Waals surface area contributed by atoms with Crippen LogP contribution in [0, 0.1) is 0 Å². The standard InChI is InChI=1S/C21H23N/c1-3-8-19-16(6-1)11-12-17-7-2-4-9-20(17)21(19)10-5-15-22-18-13-14-18/h1-4,6-10,18,22H,5,11-15H2. The molecule has 0 unspecified atom stereocenters. The first-order chi connectivity index (χ1) is 10.9. The maximum absolute atomic E-state index is 3.62. The summed E-state index contributed by atoms with van der Waals surface area (Å²) < 4.78 is 0. The largest absolute Gasteiger partial charge is 0.314 e. The SMILES string of the molecule is C(CCNC1CC1)=C1c2ccccc2CCc2ccccc21. The van der Waals surface area contributed by atoms with Crippen molar-refractivity contribution in [1.29, 1.82) is 0 Å². The van der Waals surface area contributed by atoms with E-state index in [1.165, 1.54) is 40.7 Å². The first-order valence-electron chi connectivity index (χ1n) is 8.52. The molecule has 0 bridgehead atoms. The lowest BCUT2D eigenvalue weighted by Gasteiger charge is -2.12. The number of rotatable bonds is 4. The van der Waals surface area contributed by atoms with Crippen LogP contribution < -0.4 is 5.32 Å². The number of nitrogens with one attached hydrogen (secondary N) is 1. The predicted octanol–water partition coefficient (Wildman–Crippen LogP) is 4.36. The van der Waals surface area contributed by atoms with E-state index < -0.39 is 0 Å². The van der Waals surface area contributed by atoms with Gasteiger partial charge in [0.05, 0.1) is 0 Å². The van der Waals surface area contributed by atoms with Crippen molar-refractivity contribution in [1.82, 2.24) is 5.32 Å². The highest BCUT2D eigenvalue weighted by molar-refractivity contribution is 5.83. The lowest BCUT2D eigenvalue weighted by atomic mass is 9.93. The topological polar surface area (TPSA) is 12.0 Å². The predicted molar refractivity (Wildman–Crippen MR) is 93.0 cm³/mol. The van der Waals surface area contributed by atoms with Crippen molar-refractivity contribution in [3.8, 4) is 0 Å². The van der Waals surface area contributed by atoms with Crippen LogP contribution in [0.5, 0.6) is 0 Å². The van der Waals surface area contributed by atoms with Crippen LogP contribution in [0.2, 0.25) is 0 Å². The van der Waals surface area contributed by atoms with Gasteiger partial charge >= 0.3 is 0 Å². The molecule has 2 aliphatic rings. The van der Waals surface area contributed by atoms with Gasteiger partial charge in [-0.1, -0.05) is 54.6 Å². The molecular weight excluding hydrogens is 266 g/mol. The summed E-state index contributed by atoms with van der Waals surface area (Å²) in [5.41, 5.74) is 7.26. The van der Waals surface area contributed by atoms with Gasteiger partial charge in [0.25, 0.3) is 0 Å². The minimum absolute atomic E-state index is 0.798. The molecule has 112 valence electrons. The van der Waals surface area contributed by atoms with Gasteiger partial charge in [0.1, 0.15) is 0 Å². The van der Waals surface area contributed by atoms with Crippen LogP contribution in [0.25, 0.3) is 5.57 Å². The van der Waals surface area contributed by atoms with Gasteiger partial charge < -0.3 is 5.32 Å². The molecule has 4 rings (SSSR count). The highest BCUT2D eigenvalue weighted by atomic mass is 14.9. The number of aryl methyl sites for hydroxylation is 2. The van der Waals surface area contributed by atoms with Gasteiger partial charge in [0.2, 0.25) is 0 Å². The fraction of sp³-hybridized carbons (Fsp3) is 0.333. The lowest BCUT2D eigenvalue weighted by Crippen LogP contribution is -2.16. The van der Waals surface area contributed by atoms with Crippen molar-refractivity contribution < 1.29 is 0 Å². The van der Waals surface area contributed by atoms with Crippen molar-refractivity contribution in [2.75, 3.05) is 6.54 Å². The minimum Gasteiger partial charge on any atom is -0.314 e. The normalized spacial score (nSPS) is 16.6. The summed E-state index contributed by atoms with van der Waals surface area (Å²) in [6.07, 6.45) is 8.56. The average molecular weight is 289 g/mol. The van der Waals surface area contributed by atoms with E-state index in [-0.39, 0.29) is 0 Å². The Kier molecular flexibility index (Phi) is 3.82. The van der Waals surface area contributed by atoms with Crippen LogP contribution in [0.4, 0.5) is 0 Å². The number of benzene rings is 2. The Morgan fingerprint density at radius 2 is 1.45 bits per heavy atom. The lowest BCUT2D eigenvalue weighted by molar-refractivity contribution is 0.690. The molecule has 0 heterocycles. The van der Waals surface area contributed by atoms with E-state index in [0.717, 1.165) is 31.8 Å². The zero-order valence-corrected chi connectivity index (χ0v) is 13.0. The first kappa shape index (κ1) is 13.8. The molecule has 2 aromatic carbocycles. The third kappa shape index (κ3) is 2.86. The molecule has 22 heavy (non-hydrogen) atoms. The highest BCUT2D eigenvalue weighted by Crippen LogP contribution is 2.33. The van der Waals surface area contributed by atoms with E-state index >= 15 is 0 Å². The summed E-state index contributed by atoms with van der Waals surface area (Å²) in [6, 6.07) is 18.6. The second-order valence-corrected chi connectivity index (χ2v) is 6.45. The highest BCUT2D eigenvalue weighted by Gasteiger charge is 2.20. The molecule has 0 radical (unpaired) electrons. The third-order valence-corrected chi connectivity index (χ3v) is 4.78. The Balaban J connectivity index is 1.68. The third-order valence-electron chi connectivity index (χ3n) is 4.78. The summed E-state index contributed by atoms with van der Waals surface area (Å²) in [5, 5.41) is 3.62. The smallest absolute Gasteiger partial charge is 0.00683 e. The molecule has 1 saturated carbocycles. The molecular formula is C21H23N. The monoisotopic (exact) mass is 289 g/mol. The minimum atomic E-state index is 0.798. The van der Waals surface area contributed by atoms with E-state index in [1.54, 1.807) is 0 Å². The van der Waals surface area contributed by atoms with Crippen molar-refractivity contribution in [2.24, 2.45) is 0 Å². The van der Waals surface area contributed by atoms with Crippen LogP contribution in [0.3, 0.4) is 0 Å². The Hall–Kier alpha value is -1.86. The number of hydrogen-bond acceptors (Lipinski definition) is 1. The van der Waals surface area contributed by atoms with Gasteiger partial charge in [-0.15, -0.1) is 0 Å². The summed E-state index contributed by atoms with van der Waals surface area (Å²) in [6.45, 7) is 1.10. The van der Waals surface area contributed by atoms with Crippen LogP contribution in [-0.4, -0.2) is 12.6 Å². The van der Waals surface area contributed by atoms with Crippen LogP contribution >= 0.6 is 0 Å². The first-order valence-corrected chi connectivity index (χ1v) is 8.52. The molecule has 0 saturated heterocycles. The van der Waals surface area contributed by atoms with Crippen molar-refractivity contribution in [2.45, 2.75) is 38.1 Å². The van der Waals surface area contributed by atoms with Gasteiger partial charge in [-0.3, -0.25) is 0 Å².